The van der Waals surface area contributed by atoms with E-state index >= 15 is 0 Å². The van der Waals surface area contributed by atoms with E-state index in [1.54, 1.807) is 6.92 Å². The van der Waals surface area contributed by atoms with Crippen molar-refractivity contribution >= 4 is 13.4 Å². The first kappa shape index (κ1) is 23.4. The predicted molar refractivity (Wildman–Crippen MR) is 112 cm³/mol. The summed E-state index contributed by atoms with van der Waals surface area (Å²) in [5.41, 5.74) is 2.58. The average Bonchev–Trinajstić information content (AvgIpc) is 2.57. The maximum Gasteiger partial charge on any atom is -0.0224 e. The van der Waals surface area contributed by atoms with E-state index in [0.29, 0.717) is 0 Å². The molecule has 0 fully saturated rings. The van der Waals surface area contributed by atoms with E-state index in [1.165, 1.54) is 17.6 Å². The maximum atomic E-state index is 3.63. The summed E-state index contributed by atoms with van der Waals surface area (Å²) in [5.74, 6) is 2.65. The number of rotatable bonds is 4. The van der Waals surface area contributed by atoms with E-state index in [9.17, 15) is 0 Å². The van der Waals surface area contributed by atoms with Crippen LogP contribution in [0.2, 0.25) is 0 Å². The van der Waals surface area contributed by atoms with E-state index in [4.69, 9.17) is 0 Å². The van der Waals surface area contributed by atoms with E-state index < -0.39 is 0 Å². The molecule has 0 heterocycles. The van der Waals surface area contributed by atoms with Crippen molar-refractivity contribution < 1.29 is 0 Å². The van der Waals surface area contributed by atoms with E-state index in [-0.39, 0.29) is 0 Å². The zero-order chi connectivity index (χ0) is 17.9. The molecule has 0 aliphatic heterocycles. The summed E-state index contributed by atoms with van der Waals surface area (Å²) >= 11 is 0. The van der Waals surface area contributed by atoms with Gasteiger partial charge in [0.05, 0.1) is 0 Å². The minimum absolute atomic E-state index is 0.763. The van der Waals surface area contributed by atoms with Gasteiger partial charge in [-0.3, -0.25) is 0 Å². The molecule has 23 heavy (non-hydrogen) atoms. The van der Waals surface area contributed by atoms with Crippen molar-refractivity contribution in [1.82, 2.24) is 0 Å². The van der Waals surface area contributed by atoms with Gasteiger partial charge in [0.15, 0.2) is 0 Å². The van der Waals surface area contributed by atoms with Crippen LogP contribution in [-0.2, 0) is 0 Å². The minimum atomic E-state index is 0.763. The molecule has 124 valence electrons. The normalized spacial score (nSPS) is 17.2. The molecule has 0 aromatic heterocycles. The minimum Gasteiger partial charge on any atom is -0.0985 e. The Morgan fingerprint density at radius 3 is 2.22 bits per heavy atom. The molecule has 1 aliphatic rings. The smallest absolute Gasteiger partial charge is 0.0224 e. The summed E-state index contributed by atoms with van der Waals surface area (Å²) in [6.45, 7) is 19.2. The molecule has 0 radical (unpaired) electrons. The molecule has 1 rings (SSSR count). The Kier molecular flexibility index (Phi) is 18.5. The zero-order valence-corrected chi connectivity index (χ0v) is 15.6. The van der Waals surface area contributed by atoms with E-state index in [2.05, 4.69) is 45.1 Å². The van der Waals surface area contributed by atoms with Gasteiger partial charge in [-0.2, -0.15) is 0 Å². The van der Waals surface area contributed by atoms with Crippen LogP contribution in [0.3, 0.4) is 0 Å². The number of hydrogen-bond donors (Lipinski definition) is 0. The third-order valence-corrected chi connectivity index (χ3v) is 2.98. The van der Waals surface area contributed by atoms with Crippen molar-refractivity contribution in [2.75, 3.05) is 0 Å². The molecule has 0 spiro atoms. The van der Waals surface area contributed by atoms with E-state index in [0.717, 1.165) is 5.92 Å². The van der Waals surface area contributed by atoms with Gasteiger partial charge in [-0.1, -0.05) is 61.6 Å². The fourth-order valence-corrected chi connectivity index (χ4v) is 1.56. The summed E-state index contributed by atoms with van der Waals surface area (Å²) in [6.07, 6.45) is 21.7. The van der Waals surface area contributed by atoms with Crippen molar-refractivity contribution in [3.8, 4) is 0 Å². The van der Waals surface area contributed by atoms with Crippen molar-refractivity contribution in [3.63, 3.8) is 0 Å². The van der Waals surface area contributed by atoms with Gasteiger partial charge < -0.3 is 0 Å². The maximum absolute atomic E-state index is 3.63. The van der Waals surface area contributed by atoms with Crippen LogP contribution in [0.4, 0.5) is 0 Å². The van der Waals surface area contributed by atoms with Crippen molar-refractivity contribution in [3.05, 3.63) is 84.5 Å². The standard InChI is InChI=1S/2C8H12.C6H9B/c1-7-3-5-8(2)6-4-7;1-4-7-8(5-2)6-3;1-3-4-5-6-7-2/h3-5,8H,6H2,1-2H3;4-7H,2H2,1,3H3;3-6H,2H2,1H3/b;7-4-,8-6-;4-3-,6-5-. The molecule has 1 atom stereocenters. The third-order valence-electron chi connectivity index (χ3n) is 2.98. The fourth-order valence-electron chi connectivity index (χ4n) is 1.56. The molecule has 0 saturated heterocycles. The topological polar surface area (TPSA) is 0 Å². The van der Waals surface area contributed by atoms with Crippen LogP contribution in [0.5, 0.6) is 0 Å². The second kappa shape index (κ2) is 18.2. The van der Waals surface area contributed by atoms with Crippen LogP contribution >= 0.6 is 0 Å². The van der Waals surface area contributed by atoms with Gasteiger partial charge >= 0.3 is 44.5 Å². The summed E-state index contributed by atoms with van der Waals surface area (Å²) < 4.78 is 0. The number of hydrogen-bond acceptors (Lipinski definition) is 0. The predicted octanol–water partition coefficient (Wildman–Crippen LogP) is 6.44. The molecule has 1 unspecified atom stereocenters. The van der Waals surface area contributed by atoms with Gasteiger partial charge in [0.2, 0.25) is 0 Å². The SMILES string of the molecule is C=B/C=C\C=C/C.C=CC(/C=C\C)=C/C.CC1=CCC(C)C=C1. The van der Waals surface area contributed by atoms with Gasteiger partial charge in [-0.15, -0.1) is 0 Å². The van der Waals surface area contributed by atoms with Gasteiger partial charge in [0, 0.05) is 0 Å². The monoisotopic (exact) mass is 308 g/mol. The van der Waals surface area contributed by atoms with Crippen molar-refractivity contribution in [2.45, 2.75) is 41.0 Å². The number of allylic oxidation sites excluding steroid dienone is 12. The Balaban J connectivity index is 0. The fraction of sp³-hybridized carbons (Fsp3) is 0.318. The first-order valence-corrected chi connectivity index (χ1v) is 8.22. The molecule has 0 nitrogen and oxygen atoms in total. The van der Waals surface area contributed by atoms with Crippen molar-refractivity contribution in [1.29, 1.82) is 0 Å². The molecule has 0 aromatic carbocycles. The third kappa shape index (κ3) is 18.1. The van der Waals surface area contributed by atoms with Crippen LogP contribution in [0, 0.1) is 5.92 Å². The summed E-state index contributed by atoms with van der Waals surface area (Å²) in [4.78, 5) is 0. The second-order valence-electron chi connectivity index (χ2n) is 5.16. The first-order valence-electron chi connectivity index (χ1n) is 8.22. The molecule has 0 bridgehead atoms. The molecule has 0 saturated carbocycles. The Morgan fingerprint density at radius 2 is 1.91 bits per heavy atom. The molecule has 0 N–H and O–H groups in total. The van der Waals surface area contributed by atoms with Crippen molar-refractivity contribution in [2.24, 2.45) is 5.92 Å². The first-order chi connectivity index (χ1) is 11.0. The quantitative estimate of drug-likeness (QED) is 0.414. The molecule has 0 aromatic rings. The van der Waals surface area contributed by atoms with Gasteiger partial charge in [0.1, 0.15) is 0 Å². The Labute approximate surface area is 145 Å². The molecule has 0 amide bonds. The summed E-state index contributed by atoms with van der Waals surface area (Å²) in [6, 6.07) is 0. The van der Waals surface area contributed by atoms with Crippen LogP contribution in [0.15, 0.2) is 84.5 Å². The molecule has 1 aliphatic carbocycles. The Morgan fingerprint density at radius 1 is 1.22 bits per heavy atom. The Bertz CT molecular complexity index is 482. The van der Waals surface area contributed by atoms with E-state index in [1.807, 2.05) is 69.3 Å². The van der Waals surface area contributed by atoms with Crippen LogP contribution in [-0.4, -0.2) is 13.4 Å². The average molecular weight is 308 g/mol. The summed E-state index contributed by atoms with van der Waals surface area (Å²) in [7, 11) is 0. The van der Waals surface area contributed by atoms with Crippen LogP contribution in [0.1, 0.15) is 41.0 Å². The largest absolute Gasteiger partial charge is 0.0985 e. The second-order valence-corrected chi connectivity index (χ2v) is 5.16. The van der Waals surface area contributed by atoms with Gasteiger partial charge in [0.25, 0.3) is 0 Å². The van der Waals surface area contributed by atoms with Crippen LogP contribution in [0.25, 0.3) is 0 Å². The molecular formula is C22H33B. The van der Waals surface area contributed by atoms with Gasteiger partial charge in [-0.05, 0) is 38.7 Å². The molecule has 1 heteroatoms. The van der Waals surface area contributed by atoms with Gasteiger partial charge in [-0.25, -0.2) is 0 Å². The summed E-state index contributed by atoms with van der Waals surface area (Å²) in [5, 5.41) is 0. The van der Waals surface area contributed by atoms with Crippen LogP contribution < -0.4 is 0 Å². The Hall–Kier alpha value is -1.89. The molecular weight excluding hydrogens is 275 g/mol. The zero-order valence-electron chi connectivity index (χ0n) is 15.6.